The van der Waals surface area contributed by atoms with Gasteiger partial charge < -0.3 is 5.41 Å². The summed E-state index contributed by atoms with van der Waals surface area (Å²) in [6.45, 7) is 8.21. The lowest BCUT2D eigenvalue weighted by Crippen LogP contribution is -2.09. The van der Waals surface area contributed by atoms with Gasteiger partial charge in [0.1, 0.15) is 0 Å². The van der Waals surface area contributed by atoms with Gasteiger partial charge in [0.15, 0.2) is 0 Å². The van der Waals surface area contributed by atoms with E-state index in [0.29, 0.717) is 5.71 Å². The molecule has 0 heterocycles. The van der Waals surface area contributed by atoms with Crippen LogP contribution in [0.5, 0.6) is 0 Å². The summed E-state index contributed by atoms with van der Waals surface area (Å²) in [5.74, 6) is 0. The van der Waals surface area contributed by atoms with Crippen LogP contribution in [-0.2, 0) is 6.42 Å². The normalized spacial score (nSPS) is 21.0. The molecule has 1 nitrogen and oxygen atoms in total. The fourth-order valence-electron chi connectivity index (χ4n) is 5.13. The standard InChI is InChI=1S/C32H37N/c1-23(2)12-11-13-24(3)29-16-9-10-17-30(29)27-20-26-21-28(33)18-19-31(26)32(22-27)25-14-7-5-4-6-8-15-25/h11-14,16-20,22,33H,1,4-10,15,21H2,2-3H3/b12-11-,24-13+,25-14+,33-28?. The smallest absolute Gasteiger partial charge is 0.0358 e. The van der Waals surface area contributed by atoms with E-state index in [0.717, 1.165) is 31.3 Å². The Bertz CT molecular complexity index is 1130. The molecular formula is C32H37N. The summed E-state index contributed by atoms with van der Waals surface area (Å²) in [5.41, 5.74) is 12.6. The highest BCUT2D eigenvalue weighted by atomic mass is 14.4. The van der Waals surface area contributed by atoms with Gasteiger partial charge in [-0.1, -0.05) is 73.6 Å². The molecule has 0 bridgehead atoms. The van der Waals surface area contributed by atoms with Gasteiger partial charge in [-0.05, 0) is 109 Å². The zero-order valence-electron chi connectivity index (χ0n) is 20.3. The Kier molecular flexibility index (Phi) is 7.60. The summed E-state index contributed by atoms with van der Waals surface area (Å²) in [7, 11) is 0. The Morgan fingerprint density at radius 2 is 1.76 bits per heavy atom. The SMILES string of the molecule is C=C(C)/C=C\C=C(/C)C1=CCCC=C1c1cc2c(c(/C3=C/CCCCCC3)c1)C=CC(=N)C2. The molecule has 0 amide bonds. The molecule has 1 aromatic carbocycles. The third-order valence-corrected chi connectivity index (χ3v) is 6.85. The summed E-state index contributed by atoms with van der Waals surface area (Å²) in [6.07, 6.45) is 28.3. The van der Waals surface area contributed by atoms with E-state index in [4.69, 9.17) is 5.41 Å². The predicted molar refractivity (Wildman–Crippen MR) is 146 cm³/mol. The topological polar surface area (TPSA) is 23.9 Å². The molecule has 0 unspecified atom stereocenters. The van der Waals surface area contributed by atoms with Gasteiger partial charge in [0, 0.05) is 12.1 Å². The highest BCUT2D eigenvalue weighted by Gasteiger charge is 2.20. The van der Waals surface area contributed by atoms with Crippen LogP contribution < -0.4 is 0 Å². The maximum Gasteiger partial charge on any atom is 0.0358 e. The maximum absolute atomic E-state index is 8.28. The van der Waals surface area contributed by atoms with Gasteiger partial charge in [0.25, 0.3) is 0 Å². The second kappa shape index (κ2) is 10.8. The molecule has 3 aliphatic carbocycles. The third-order valence-electron chi connectivity index (χ3n) is 6.85. The molecule has 0 aliphatic heterocycles. The van der Waals surface area contributed by atoms with Gasteiger partial charge in [-0.3, -0.25) is 0 Å². The number of allylic oxidation sites excluding steroid dienone is 12. The Morgan fingerprint density at radius 1 is 0.939 bits per heavy atom. The van der Waals surface area contributed by atoms with Gasteiger partial charge >= 0.3 is 0 Å². The molecule has 0 aromatic heterocycles. The van der Waals surface area contributed by atoms with Crippen LogP contribution in [0.2, 0.25) is 0 Å². The first-order valence-electron chi connectivity index (χ1n) is 12.6. The van der Waals surface area contributed by atoms with E-state index in [1.807, 2.05) is 13.0 Å². The number of fused-ring (bicyclic) bond motifs is 1. The van der Waals surface area contributed by atoms with Crippen LogP contribution in [0.15, 0.2) is 78.0 Å². The molecule has 0 radical (unpaired) electrons. The van der Waals surface area contributed by atoms with Crippen molar-refractivity contribution < 1.29 is 0 Å². The van der Waals surface area contributed by atoms with E-state index in [1.54, 1.807) is 0 Å². The van der Waals surface area contributed by atoms with Crippen LogP contribution in [0.1, 0.15) is 87.5 Å². The average molecular weight is 436 g/mol. The zero-order chi connectivity index (χ0) is 23.2. The molecule has 4 rings (SSSR count). The van der Waals surface area contributed by atoms with Crippen LogP contribution in [0.3, 0.4) is 0 Å². The van der Waals surface area contributed by atoms with Crippen molar-refractivity contribution in [3.63, 3.8) is 0 Å². The quantitative estimate of drug-likeness (QED) is 0.446. The second-order valence-electron chi connectivity index (χ2n) is 9.68. The van der Waals surface area contributed by atoms with Gasteiger partial charge in [-0.2, -0.15) is 0 Å². The Morgan fingerprint density at radius 3 is 2.61 bits per heavy atom. The van der Waals surface area contributed by atoms with Crippen molar-refractivity contribution in [3.05, 3.63) is 100 Å². The van der Waals surface area contributed by atoms with Crippen LogP contribution in [-0.4, -0.2) is 5.71 Å². The number of rotatable bonds is 5. The summed E-state index contributed by atoms with van der Waals surface area (Å²) in [6, 6.07) is 4.79. The van der Waals surface area contributed by atoms with Crippen LogP contribution in [0, 0.1) is 5.41 Å². The fourth-order valence-corrected chi connectivity index (χ4v) is 5.13. The van der Waals surface area contributed by atoms with E-state index in [9.17, 15) is 0 Å². The molecule has 170 valence electrons. The lowest BCUT2D eigenvalue weighted by molar-refractivity contribution is 0.643. The fraction of sp³-hybridized carbons (Fsp3) is 0.344. The van der Waals surface area contributed by atoms with Crippen molar-refractivity contribution in [1.29, 1.82) is 5.41 Å². The average Bonchev–Trinajstić information content (AvgIpc) is 2.78. The zero-order valence-corrected chi connectivity index (χ0v) is 20.3. The lowest BCUT2D eigenvalue weighted by Gasteiger charge is -2.24. The van der Waals surface area contributed by atoms with Gasteiger partial charge in [0.05, 0.1) is 0 Å². The summed E-state index contributed by atoms with van der Waals surface area (Å²) < 4.78 is 0. The van der Waals surface area contributed by atoms with E-state index in [-0.39, 0.29) is 0 Å². The van der Waals surface area contributed by atoms with E-state index in [2.05, 4.69) is 68.2 Å². The molecule has 1 aromatic rings. The second-order valence-corrected chi connectivity index (χ2v) is 9.68. The lowest BCUT2D eigenvalue weighted by atomic mass is 9.81. The van der Waals surface area contributed by atoms with Crippen LogP contribution in [0.4, 0.5) is 0 Å². The van der Waals surface area contributed by atoms with Crippen molar-refractivity contribution in [3.8, 4) is 0 Å². The molecule has 0 spiro atoms. The number of hydrogen-bond acceptors (Lipinski definition) is 1. The Labute approximate surface area is 200 Å². The Hall–Kier alpha value is -2.93. The number of nitrogens with one attached hydrogen (secondary N) is 1. The summed E-state index contributed by atoms with van der Waals surface area (Å²) in [5, 5.41) is 8.28. The molecule has 1 heteroatoms. The van der Waals surface area contributed by atoms with Gasteiger partial charge in [0.2, 0.25) is 0 Å². The predicted octanol–water partition coefficient (Wildman–Crippen LogP) is 9.20. The highest BCUT2D eigenvalue weighted by molar-refractivity contribution is 6.02. The Balaban J connectivity index is 1.79. The van der Waals surface area contributed by atoms with Crippen LogP contribution in [0.25, 0.3) is 17.2 Å². The molecule has 3 aliphatic rings. The maximum atomic E-state index is 8.28. The minimum absolute atomic E-state index is 0.701. The molecule has 1 N–H and O–H groups in total. The van der Waals surface area contributed by atoms with Crippen LogP contribution >= 0.6 is 0 Å². The third kappa shape index (κ3) is 5.71. The van der Waals surface area contributed by atoms with Crippen molar-refractivity contribution in [2.24, 2.45) is 0 Å². The summed E-state index contributed by atoms with van der Waals surface area (Å²) in [4.78, 5) is 0. The van der Waals surface area contributed by atoms with Crippen molar-refractivity contribution >= 4 is 22.9 Å². The highest BCUT2D eigenvalue weighted by Crippen LogP contribution is 2.39. The minimum atomic E-state index is 0.701. The van der Waals surface area contributed by atoms with Crippen molar-refractivity contribution in [2.75, 3.05) is 0 Å². The molecule has 0 fully saturated rings. The molecule has 33 heavy (non-hydrogen) atoms. The number of hydrogen-bond donors (Lipinski definition) is 1. The van der Waals surface area contributed by atoms with E-state index in [1.165, 1.54) is 76.7 Å². The molecule has 0 saturated carbocycles. The monoisotopic (exact) mass is 435 g/mol. The van der Waals surface area contributed by atoms with E-state index < -0.39 is 0 Å². The molecular weight excluding hydrogens is 398 g/mol. The minimum Gasteiger partial charge on any atom is -0.305 e. The molecule has 0 saturated heterocycles. The summed E-state index contributed by atoms with van der Waals surface area (Å²) >= 11 is 0. The van der Waals surface area contributed by atoms with Gasteiger partial charge in [-0.15, -0.1) is 0 Å². The number of benzene rings is 1. The van der Waals surface area contributed by atoms with E-state index >= 15 is 0 Å². The van der Waals surface area contributed by atoms with Gasteiger partial charge in [-0.25, -0.2) is 0 Å². The largest absolute Gasteiger partial charge is 0.305 e. The van der Waals surface area contributed by atoms with Crippen molar-refractivity contribution in [1.82, 2.24) is 0 Å². The first kappa shape index (κ1) is 23.2. The molecule has 0 atom stereocenters. The first-order valence-corrected chi connectivity index (χ1v) is 12.6. The van der Waals surface area contributed by atoms with Crippen molar-refractivity contribution in [2.45, 2.75) is 71.6 Å². The first-order chi connectivity index (χ1) is 16.0.